The third kappa shape index (κ3) is 51.3. The predicted molar refractivity (Wildman–Crippen MR) is 367 cm³/mol. The summed E-state index contributed by atoms with van der Waals surface area (Å²) in [6.45, 7) is 3.49. The topological polar surface area (TPSA) is 189 Å². The van der Waals surface area contributed by atoms with Crippen LogP contribution in [-0.4, -0.2) is 110 Å². The molecule has 0 saturated carbocycles. The zero-order chi connectivity index (χ0) is 63.1. The molecule has 1 saturated heterocycles. The maximum absolute atomic E-state index is 13.3. The highest BCUT2D eigenvalue weighted by Crippen LogP contribution is 2.24. The number of hydrogen-bond acceptors (Lipinski definition) is 10. The number of rotatable bonds is 66. The Morgan fingerprint density at radius 3 is 1.02 bits per heavy atom. The molecule has 8 N–H and O–H groups in total. The summed E-state index contributed by atoms with van der Waals surface area (Å²) in [5.41, 5.74) is 0. The van der Waals surface area contributed by atoms with Gasteiger partial charge in [0.25, 0.3) is 0 Å². The number of nitrogens with one attached hydrogen (secondary N) is 1. The highest BCUT2D eigenvalue weighted by molar-refractivity contribution is 5.80. The van der Waals surface area contributed by atoms with Gasteiger partial charge in [0.05, 0.1) is 25.4 Å². The molecule has 0 aromatic rings. The van der Waals surface area contributed by atoms with E-state index in [1.807, 2.05) is 0 Å². The second-order valence-electron chi connectivity index (χ2n) is 26.3. The minimum atomic E-state index is -1.67. The Kier molecular flexibility index (Phi) is 61.3. The van der Waals surface area contributed by atoms with Crippen LogP contribution >= 0.6 is 0 Å². The number of hydrogen-bond donors (Lipinski definition) is 8. The molecule has 1 amide bonds. The van der Waals surface area contributed by atoms with Crippen LogP contribution in [0, 0.1) is 0 Å². The molecule has 0 aromatic heterocycles. The van der Waals surface area contributed by atoms with E-state index < -0.39 is 74.2 Å². The van der Waals surface area contributed by atoms with Crippen molar-refractivity contribution in [1.82, 2.24) is 5.32 Å². The van der Waals surface area contributed by atoms with Crippen LogP contribution in [0.2, 0.25) is 0 Å². The van der Waals surface area contributed by atoms with Crippen molar-refractivity contribution in [3.8, 4) is 0 Å². The van der Waals surface area contributed by atoms with Crippen molar-refractivity contribution < 1.29 is 50.0 Å². The molecule has 0 spiro atoms. The van der Waals surface area contributed by atoms with Crippen LogP contribution in [0.5, 0.6) is 0 Å². The van der Waals surface area contributed by atoms with Gasteiger partial charge in [-0.05, 0) is 89.9 Å². The van der Waals surface area contributed by atoms with Crippen LogP contribution in [-0.2, 0) is 14.3 Å². The Balaban J connectivity index is 2.17. The molecule has 9 atom stereocenters. The van der Waals surface area contributed by atoms with Gasteiger partial charge in [-0.15, -0.1) is 0 Å². The molecular weight excluding hydrogens is 1090 g/mol. The SMILES string of the molecule is CCCCCCCCCCCCC/C=C/CC/C=C/CC/C=C/CCCC(O)C(O)C(COC1OC(CO)C(O)C(O)C1O)NC(=O)C(O)CCCCCCCCCCCCCCCCCC/C=C\CCCCCCCCCCCCCCCCCC. The maximum atomic E-state index is 13.3. The third-order valence-electron chi connectivity index (χ3n) is 18.1. The summed E-state index contributed by atoms with van der Waals surface area (Å²) in [4.78, 5) is 13.3. The number of carbonyl (C=O) groups excluding carboxylic acids is 1. The molecule has 512 valence electrons. The van der Waals surface area contributed by atoms with Crippen LogP contribution in [0.4, 0.5) is 0 Å². The number of ether oxygens (including phenoxy) is 2. The lowest BCUT2D eigenvalue weighted by molar-refractivity contribution is -0.303. The minimum Gasteiger partial charge on any atom is -0.394 e. The third-order valence-corrected chi connectivity index (χ3v) is 18.1. The molecule has 1 heterocycles. The van der Waals surface area contributed by atoms with Gasteiger partial charge in [0, 0.05) is 0 Å². The van der Waals surface area contributed by atoms with Crippen molar-refractivity contribution in [2.45, 2.75) is 416 Å². The van der Waals surface area contributed by atoms with Gasteiger partial charge in [0.2, 0.25) is 5.91 Å². The molecular formula is C76H143NO10. The van der Waals surface area contributed by atoms with Crippen molar-refractivity contribution in [3.63, 3.8) is 0 Å². The number of carbonyl (C=O) groups is 1. The zero-order valence-corrected chi connectivity index (χ0v) is 56.8. The standard InChI is InChI=1S/C76H143NO10/c1-3-5-7-9-11-13-15-17-19-21-23-25-27-29-30-31-32-33-34-35-36-37-38-39-40-42-44-46-48-50-52-54-56-58-60-62-64-69(80)75(85)77-67(66-86-76-74(84)73(83)72(82)70(65-78)87-76)71(81)68(79)63-61-59-57-55-53-51-49-47-45-43-41-28-26-24-22-20-18-16-14-12-10-8-6-4-2/h28,33-34,41,47,49,55,57,67-74,76,78-84H,3-27,29-32,35-40,42-46,48,50-54,56,58-66H2,1-2H3,(H,77,85)/b34-33-,41-28+,49-47+,57-55+. The van der Waals surface area contributed by atoms with Crippen LogP contribution in [0.15, 0.2) is 48.6 Å². The van der Waals surface area contributed by atoms with E-state index in [0.29, 0.717) is 19.3 Å². The molecule has 1 fully saturated rings. The Bertz CT molecular complexity index is 1560. The minimum absolute atomic E-state index is 0.242. The summed E-state index contributed by atoms with van der Waals surface area (Å²) < 4.78 is 11.2. The number of aliphatic hydroxyl groups is 7. The molecule has 11 heteroatoms. The number of unbranched alkanes of at least 4 members (excludes halogenated alkanes) is 46. The summed E-state index contributed by atoms with van der Waals surface area (Å²) in [6, 6.07) is -1.20. The Morgan fingerprint density at radius 2 is 0.690 bits per heavy atom. The summed E-state index contributed by atoms with van der Waals surface area (Å²) in [7, 11) is 0. The van der Waals surface area contributed by atoms with E-state index in [9.17, 15) is 40.5 Å². The first-order valence-corrected chi connectivity index (χ1v) is 37.5. The Hall–Kier alpha value is -1.93. The predicted octanol–water partition coefficient (Wildman–Crippen LogP) is 18.7. The smallest absolute Gasteiger partial charge is 0.249 e. The highest BCUT2D eigenvalue weighted by Gasteiger charge is 2.44. The van der Waals surface area contributed by atoms with E-state index >= 15 is 0 Å². The van der Waals surface area contributed by atoms with E-state index in [1.54, 1.807) is 0 Å². The second-order valence-corrected chi connectivity index (χ2v) is 26.3. The molecule has 0 radical (unpaired) electrons. The fraction of sp³-hybridized carbons (Fsp3) is 0.882. The summed E-state index contributed by atoms with van der Waals surface area (Å²) in [5, 5.41) is 76.5. The number of allylic oxidation sites excluding steroid dienone is 8. The average Bonchev–Trinajstić information content (AvgIpc) is 1.97. The molecule has 9 unspecified atom stereocenters. The molecule has 0 bridgehead atoms. The first kappa shape index (κ1) is 83.1. The van der Waals surface area contributed by atoms with E-state index in [4.69, 9.17) is 9.47 Å². The summed E-state index contributed by atoms with van der Waals surface area (Å²) in [6.07, 6.45) is 73.6. The molecule has 87 heavy (non-hydrogen) atoms. The summed E-state index contributed by atoms with van der Waals surface area (Å²) in [5.74, 6) is -0.708. The fourth-order valence-electron chi connectivity index (χ4n) is 12.1. The number of aliphatic hydroxyl groups excluding tert-OH is 7. The Labute approximate surface area is 536 Å². The van der Waals surface area contributed by atoms with Gasteiger partial charge in [0.1, 0.15) is 36.6 Å². The summed E-state index contributed by atoms with van der Waals surface area (Å²) >= 11 is 0. The average molecular weight is 1230 g/mol. The second kappa shape index (κ2) is 64.2. The lowest BCUT2D eigenvalue weighted by atomic mass is 9.98. The van der Waals surface area contributed by atoms with E-state index in [-0.39, 0.29) is 12.8 Å². The number of amides is 1. The van der Waals surface area contributed by atoms with Crippen molar-refractivity contribution in [2.24, 2.45) is 0 Å². The van der Waals surface area contributed by atoms with Crippen molar-refractivity contribution in [3.05, 3.63) is 48.6 Å². The van der Waals surface area contributed by atoms with Gasteiger partial charge in [-0.25, -0.2) is 0 Å². The van der Waals surface area contributed by atoms with Gasteiger partial charge in [-0.3, -0.25) is 4.79 Å². The van der Waals surface area contributed by atoms with Crippen molar-refractivity contribution in [1.29, 1.82) is 0 Å². The van der Waals surface area contributed by atoms with Crippen LogP contribution in [0.1, 0.15) is 361 Å². The van der Waals surface area contributed by atoms with Gasteiger partial charge in [-0.1, -0.05) is 319 Å². The van der Waals surface area contributed by atoms with Crippen molar-refractivity contribution in [2.75, 3.05) is 13.2 Å². The van der Waals surface area contributed by atoms with Gasteiger partial charge >= 0.3 is 0 Å². The van der Waals surface area contributed by atoms with Gasteiger partial charge in [-0.2, -0.15) is 0 Å². The van der Waals surface area contributed by atoms with E-state index in [2.05, 4.69) is 67.8 Å². The molecule has 11 nitrogen and oxygen atoms in total. The molecule has 1 aliphatic rings. The van der Waals surface area contributed by atoms with Crippen LogP contribution in [0.25, 0.3) is 0 Å². The lowest BCUT2D eigenvalue weighted by Gasteiger charge is -2.40. The first-order valence-electron chi connectivity index (χ1n) is 37.5. The first-order chi connectivity index (χ1) is 42.7. The molecule has 0 aliphatic carbocycles. The Morgan fingerprint density at radius 1 is 0.391 bits per heavy atom. The quantitative estimate of drug-likeness (QED) is 0.0215. The largest absolute Gasteiger partial charge is 0.394 e. The van der Waals surface area contributed by atoms with Gasteiger partial charge < -0.3 is 50.5 Å². The fourth-order valence-corrected chi connectivity index (χ4v) is 12.1. The molecule has 0 aromatic carbocycles. The van der Waals surface area contributed by atoms with Gasteiger partial charge in [0.15, 0.2) is 6.29 Å². The lowest BCUT2D eigenvalue weighted by Crippen LogP contribution is -2.60. The van der Waals surface area contributed by atoms with Crippen LogP contribution < -0.4 is 5.32 Å². The van der Waals surface area contributed by atoms with Crippen LogP contribution in [0.3, 0.4) is 0 Å². The maximum Gasteiger partial charge on any atom is 0.249 e. The zero-order valence-electron chi connectivity index (χ0n) is 56.8. The van der Waals surface area contributed by atoms with E-state index in [1.165, 1.54) is 270 Å². The molecule has 1 rings (SSSR count). The molecule has 1 aliphatic heterocycles. The normalized spacial score (nSPS) is 18.9. The monoisotopic (exact) mass is 1230 g/mol. The highest BCUT2D eigenvalue weighted by atomic mass is 16.7. The van der Waals surface area contributed by atoms with Crippen molar-refractivity contribution >= 4 is 5.91 Å². The van der Waals surface area contributed by atoms with E-state index in [0.717, 1.165) is 44.9 Å².